The fourth-order valence-electron chi connectivity index (χ4n) is 3.62. The lowest BCUT2D eigenvalue weighted by Gasteiger charge is -2.22. The van der Waals surface area contributed by atoms with Gasteiger partial charge in [0.1, 0.15) is 24.7 Å². The molecule has 1 N–H and O–H groups in total. The third kappa shape index (κ3) is 8.11. The molecule has 1 amide bonds. The fraction of sp³-hybridized carbons (Fsp3) is 0.500. The van der Waals surface area contributed by atoms with Crippen LogP contribution in [-0.4, -0.2) is 60.4 Å². The highest BCUT2D eigenvalue weighted by Gasteiger charge is 2.37. The predicted molar refractivity (Wildman–Crippen MR) is 131 cm³/mol. The molecule has 2 rings (SSSR count). The Morgan fingerprint density at radius 2 is 2.00 bits per heavy atom. The molecule has 0 aliphatic carbocycles. The van der Waals surface area contributed by atoms with Crippen molar-refractivity contribution in [1.29, 1.82) is 0 Å². The zero-order valence-corrected chi connectivity index (χ0v) is 20.5. The number of unbranched alkanes of at least 4 members (excludes halogenated alkanes) is 2. The second-order valence-corrected chi connectivity index (χ2v) is 8.31. The third-order valence-electron chi connectivity index (χ3n) is 5.56. The van der Waals surface area contributed by atoms with Crippen molar-refractivity contribution in [3.05, 3.63) is 53.7 Å². The first-order valence-corrected chi connectivity index (χ1v) is 11.6. The largest absolute Gasteiger partial charge is 0.463 e. The van der Waals surface area contributed by atoms with Crippen molar-refractivity contribution < 1.29 is 28.9 Å². The molecule has 0 aromatic heterocycles. The molecule has 1 aromatic rings. The lowest BCUT2D eigenvalue weighted by atomic mass is 10.0. The van der Waals surface area contributed by atoms with Crippen LogP contribution in [-0.2, 0) is 30.2 Å². The highest BCUT2D eigenvalue weighted by Crippen LogP contribution is 2.24. The zero-order chi connectivity index (χ0) is 25.1. The number of aliphatic hydroxyl groups excluding tert-OH is 1. The number of aliphatic imine (C=N–C) groups is 1. The Morgan fingerprint density at radius 1 is 1.29 bits per heavy atom. The van der Waals surface area contributed by atoms with Gasteiger partial charge >= 0.3 is 5.97 Å². The average Bonchev–Trinajstić information content (AvgIpc) is 3.20. The van der Waals surface area contributed by atoms with Gasteiger partial charge in [0.25, 0.3) is 0 Å². The highest BCUT2D eigenvalue weighted by atomic mass is 16.6. The Hall–Kier alpha value is -2.97. The predicted octanol–water partition coefficient (Wildman–Crippen LogP) is 3.84. The molecular formula is C26H36N2O6. The van der Waals surface area contributed by atoms with Gasteiger partial charge in [0.05, 0.1) is 6.10 Å². The second kappa shape index (κ2) is 13.7. The minimum absolute atomic E-state index is 0.0790. The number of ether oxygens (including phenoxy) is 3. The van der Waals surface area contributed by atoms with Crippen LogP contribution in [0.1, 0.15) is 57.6 Å². The van der Waals surface area contributed by atoms with E-state index in [9.17, 15) is 14.7 Å². The van der Waals surface area contributed by atoms with E-state index in [-0.39, 0.29) is 13.0 Å². The summed E-state index contributed by atoms with van der Waals surface area (Å²) >= 11 is 0. The van der Waals surface area contributed by atoms with E-state index in [2.05, 4.69) is 30.6 Å². The summed E-state index contributed by atoms with van der Waals surface area (Å²) in [4.78, 5) is 28.2. The van der Waals surface area contributed by atoms with E-state index in [4.69, 9.17) is 14.2 Å². The Morgan fingerprint density at radius 3 is 2.59 bits per heavy atom. The summed E-state index contributed by atoms with van der Waals surface area (Å²) in [6.45, 7) is 9.17. The van der Waals surface area contributed by atoms with Crippen LogP contribution in [0.4, 0.5) is 0 Å². The zero-order valence-electron chi connectivity index (χ0n) is 20.5. The van der Waals surface area contributed by atoms with Crippen LogP contribution in [0.2, 0.25) is 0 Å². The van der Waals surface area contributed by atoms with Crippen LogP contribution >= 0.6 is 0 Å². The van der Waals surface area contributed by atoms with E-state index >= 15 is 0 Å². The van der Waals surface area contributed by atoms with Crippen LogP contribution in [0.25, 0.3) is 5.76 Å². The number of rotatable bonds is 12. The van der Waals surface area contributed by atoms with Gasteiger partial charge < -0.3 is 19.3 Å². The van der Waals surface area contributed by atoms with Crippen LogP contribution < -0.4 is 0 Å². The lowest BCUT2D eigenvalue weighted by molar-refractivity contribution is -0.149. The van der Waals surface area contributed by atoms with Gasteiger partial charge in [-0.3, -0.25) is 19.5 Å². The molecular weight excluding hydrogens is 436 g/mol. The summed E-state index contributed by atoms with van der Waals surface area (Å²) in [7, 11) is 1.59. The van der Waals surface area contributed by atoms with Gasteiger partial charge in [-0.1, -0.05) is 50.6 Å². The number of nitrogens with zero attached hydrogens (tertiary/aromatic N) is 2. The normalized spacial score (nSPS) is 20.7. The van der Waals surface area contributed by atoms with Crippen LogP contribution in [0, 0.1) is 0 Å². The van der Waals surface area contributed by atoms with Gasteiger partial charge in [0, 0.05) is 37.7 Å². The molecule has 8 heteroatoms. The smallest absolute Gasteiger partial charge is 0.302 e. The molecule has 0 spiro atoms. The summed E-state index contributed by atoms with van der Waals surface area (Å²) < 4.78 is 16.5. The molecule has 1 aliphatic heterocycles. The summed E-state index contributed by atoms with van der Waals surface area (Å²) in [5.74, 6) is 0.286. The summed E-state index contributed by atoms with van der Waals surface area (Å²) in [5.41, 5.74) is 2.70. The van der Waals surface area contributed by atoms with Crippen molar-refractivity contribution in [2.75, 3.05) is 13.7 Å². The quantitative estimate of drug-likeness (QED) is 0.124. The number of carbonyl (C=O) groups is 2. The number of amides is 1. The molecule has 1 heterocycles. The number of carbonyl (C=O) groups excluding carboxylic acids is 2. The fourth-order valence-corrected chi connectivity index (χ4v) is 3.62. The number of hydrogen-bond acceptors (Lipinski definition) is 7. The van der Waals surface area contributed by atoms with Gasteiger partial charge in [0.2, 0.25) is 12.3 Å². The molecule has 8 nitrogen and oxygen atoms in total. The van der Waals surface area contributed by atoms with Gasteiger partial charge in [-0.05, 0) is 25.3 Å². The highest BCUT2D eigenvalue weighted by molar-refractivity contribution is 5.96. The molecule has 186 valence electrons. The Bertz CT molecular complexity index is 893. The molecule has 0 saturated carbocycles. The van der Waals surface area contributed by atoms with E-state index in [1.54, 1.807) is 20.2 Å². The summed E-state index contributed by atoms with van der Waals surface area (Å²) in [6.07, 6.45) is 4.70. The number of benzene rings is 1. The van der Waals surface area contributed by atoms with Crippen molar-refractivity contribution in [3.8, 4) is 0 Å². The van der Waals surface area contributed by atoms with Gasteiger partial charge in [-0.2, -0.15) is 0 Å². The van der Waals surface area contributed by atoms with Crippen LogP contribution in [0.15, 0.2) is 47.6 Å². The third-order valence-corrected chi connectivity index (χ3v) is 5.56. The molecule has 1 fully saturated rings. The summed E-state index contributed by atoms with van der Waals surface area (Å²) in [6, 6.07) is 8.11. The maximum absolute atomic E-state index is 11.7. The molecule has 3 unspecified atom stereocenters. The topological polar surface area (TPSA) is 97.7 Å². The van der Waals surface area contributed by atoms with Crippen molar-refractivity contribution >= 4 is 24.0 Å². The first-order chi connectivity index (χ1) is 16.3. The monoisotopic (exact) mass is 472 g/mol. The molecule has 1 saturated heterocycles. The number of aliphatic hydroxyl groups is 1. The van der Waals surface area contributed by atoms with E-state index < -0.39 is 24.4 Å². The maximum Gasteiger partial charge on any atom is 0.302 e. The minimum Gasteiger partial charge on any atom is -0.463 e. The Kier molecular flexibility index (Phi) is 11.0. The van der Waals surface area contributed by atoms with Crippen molar-refractivity contribution in [1.82, 2.24) is 4.90 Å². The molecule has 1 aromatic carbocycles. The SMILES string of the molecule is C=C(OC(=NC)/C(C)=C\N(C=O)C1CC(O)C(COC(C)=O)O1)c1ccc(CCCCC)cc1. The van der Waals surface area contributed by atoms with Crippen molar-refractivity contribution in [2.24, 2.45) is 4.99 Å². The minimum atomic E-state index is -0.860. The van der Waals surface area contributed by atoms with Gasteiger partial charge in [0.15, 0.2) is 0 Å². The van der Waals surface area contributed by atoms with E-state index in [1.807, 2.05) is 12.1 Å². The number of hydrogen-bond donors (Lipinski definition) is 1. The Balaban J connectivity index is 2.01. The first kappa shape index (κ1) is 27.3. The van der Waals surface area contributed by atoms with Crippen molar-refractivity contribution in [3.63, 3.8) is 0 Å². The van der Waals surface area contributed by atoms with E-state index in [0.717, 1.165) is 12.0 Å². The molecule has 3 atom stereocenters. The van der Waals surface area contributed by atoms with Gasteiger partial charge in [-0.25, -0.2) is 0 Å². The second-order valence-electron chi connectivity index (χ2n) is 8.31. The average molecular weight is 473 g/mol. The van der Waals surface area contributed by atoms with E-state index in [1.165, 1.54) is 36.6 Å². The molecule has 0 radical (unpaired) electrons. The van der Waals surface area contributed by atoms with Gasteiger partial charge in [-0.15, -0.1) is 0 Å². The van der Waals surface area contributed by atoms with Crippen molar-refractivity contribution in [2.45, 2.75) is 71.3 Å². The standard InChI is InChI=1S/C26H36N2O6/c1-6-7-8-9-21-10-12-22(13-11-21)19(3)33-26(27-5)18(2)15-28(17-29)25-14-23(31)24(34-25)16-32-20(4)30/h10-13,15,17,23-25,31H,3,6-9,14,16H2,1-2,4-5H3/b18-15-,27-26?. The number of aryl methyl sites for hydroxylation is 1. The summed E-state index contributed by atoms with van der Waals surface area (Å²) in [5, 5.41) is 10.2. The van der Waals surface area contributed by atoms with Crippen LogP contribution in [0.3, 0.4) is 0 Å². The van der Waals surface area contributed by atoms with Crippen LogP contribution in [0.5, 0.6) is 0 Å². The Labute approximate surface area is 201 Å². The molecule has 1 aliphatic rings. The van der Waals surface area contributed by atoms with E-state index in [0.29, 0.717) is 23.6 Å². The lowest BCUT2D eigenvalue weighted by Crippen LogP contribution is -2.31. The molecule has 0 bridgehead atoms. The number of esters is 1. The molecule has 34 heavy (non-hydrogen) atoms. The first-order valence-electron chi connectivity index (χ1n) is 11.6. The maximum atomic E-state index is 11.7.